The van der Waals surface area contributed by atoms with Crippen molar-refractivity contribution in [2.75, 3.05) is 39.4 Å². The summed E-state index contributed by atoms with van der Waals surface area (Å²) in [5, 5.41) is 7.12. The molecule has 1 aromatic rings. The summed E-state index contributed by atoms with van der Waals surface area (Å²) in [6.45, 7) is 5.74. The number of hydrogen-bond donors (Lipinski definition) is 1. The van der Waals surface area contributed by atoms with Crippen LogP contribution in [0.4, 0.5) is 13.2 Å². The number of carbonyl (C=O) groups is 2. The van der Waals surface area contributed by atoms with E-state index < -0.39 is 12.1 Å². The van der Waals surface area contributed by atoms with Crippen molar-refractivity contribution < 1.29 is 37.0 Å². The van der Waals surface area contributed by atoms with Crippen LogP contribution in [-0.2, 0) is 20.9 Å². The van der Waals surface area contributed by atoms with E-state index >= 15 is 0 Å². The van der Waals surface area contributed by atoms with Crippen LogP contribution in [0.25, 0.3) is 0 Å². The Balaban J connectivity index is 0.000000345. The minimum absolute atomic E-state index is 0.131. The minimum Gasteiger partial charge on any atom is -0.475 e. The third-order valence-corrected chi connectivity index (χ3v) is 4.59. The van der Waals surface area contributed by atoms with Gasteiger partial charge >= 0.3 is 12.1 Å². The van der Waals surface area contributed by atoms with E-state index in [2.05, 4.69) is 4.90 Å². The number of alkyl halides is 3. The molecule has 1 amide bonds. The Kier molecular flexibility index (Phi) is 8.31. The zero-order valence-corrected chi connectivity index (χ0v) is 15.5. The summed E-state index contributed by atoms with van der Waals surface area (Å²) in [6, 6.07) is 3.91. The highest BCUT2D eigenvalue weighted by Gasteiger charge is 2.38. The second-order valence-corrected chi connectivity index (χ2v) is 6.75. The molecule has 2 fully saturated rings. The normalized spacial score (nSPS) is 21.4. The molecule has 1 atom stereocenters. The molecule has 2 aliphatic heterocycles. The smallest absolute Gasteiger partial charge is 0.475 e. The van der Waals surface area contributed by atoms with Crippen LogP contribution in [0.15, 0.2) is 22.8 Å². The Morgan fingerprint density at radius 1 is 1.18 bits per heavy atom. The molecular weight excluding hydrogens is 381 g/mol. The first kappa shape index (κ1) is 22.2. The van der Waals surface area contributed by atoms with E-state index in [1.807, 2.05) is 17.0 Å². The van der Waals surface area contributed by atoms with Crippen LogP contribution < -0.4 is 0 Å². The number of aliphatic carboxylic acids is 1. The Labute approximate surface area is 161 Å². The van der Waals surface area contributed by atoms with Gasteiger partial charge in [-0.25, -0.2) is 4.79 Å². The number of hydrogen-bond acceptors (Lipinski definition) is 5. The molecule has 0 bridgehead atoms. The van der Waals surface area contributed by atoms with Gasteiger partial charge in [-0.15, -0.1) is 0 Å². The van der Waals surface area contributed by atoms with E-state index in [9.17, 15) is 18.0 Å². The molecule has 2 aliphatic rings. The van der Waals surface area contributed by atoms with Gasteiger partial charge in [-0.05, 0) is 37.9 Å². The number of likely N-dealkylation sites (tertiary alicyclic amines) is 1. The molecule has 7 nitrogen and oxygen atoms in total. The van der Waals surface area contributed by atoms with Crippen molar-refractivity contribution in [3.8, 4) is 0 Å². The predicted octanol–water partition coefficient (Wildman–Crippen LogP) is 2.37. The molecule has 3 rings (SSSR count). The number of furan rings is 1. The second-order valence-electron chi connectivity index (χ2n) is 6.75. The number of carbonyl (C=O) groups excluding carboxylic acids is 1. The summed E-state index contributed by atoms with van der Waals surface area (Å²) < 4.78 is 42.6. The van der Waals surface area contributed by atoms with Crippen molar-refractivity contribution in [1.82, 2.24) is 9.80 Å². The van der Waals surface area contributed by atoms with Crippen LogP contribution in [0, 0.1) is 5.92 Å². The maximum absolute atomic E-state index is 12.7. The molecule has 0 aromatic carbocycles. The van der Waals surface area contributed by atoms with Gasteiger partial charge in [0, 0.05) is 26.2 Å². The van der Waals surface area contributed by atoms with Crippen molar-refractivity contribution in [3.63, 3.8) is 0 Å². The maximum atomic E-state index is 12.7. The molecule has 1 unspecified atom stereocenters. The van der Waals surface area contributed by atoms with Gasteiger partial charge in [-0.1, -0.05) is 0 Å². The topological polar surface area (TPSA) is 83.2 Å². The molecule has 0 radical (unpaired) electrons. The fourth-order valence-corrected chi connectivity index (χ4v) is 3.25. The number of rotatable bonds is 3. The number of piperidine rings is 1. The molecule has 3 heterocycles. The van der Waals surface area contributed by atoms with Gasteiger partial charge in [0.2, 0.25) is 5.91 Å². The molecular formula is C18H25F3N2O5. The summed E-state index contributed by atoms with van der Waals surface area (Å²) >= 11 is 0. The fraction of sp³-hybridized carbons (Fsp3) is 0.667. The van der Waals surface area contributed by atoms with Crippen LogP contribution in [-0.4, -0.2) is 72.4 Å². The lowest BCUT2D eigenvalue weighted by Crippen LogP contribution is -2.45. The highest BCUT2D eigenvalue weighted by Crippen LogP contribution is 2.21. The van der Waals surface area contributed by atoms with Gasteiger partial charge in [-0.2, -0.15) is 13.2 Å². The highest BCUT2D eigenvalue weighted by atomic mass is 19.4. The Bertz CT molecular complexity index is 613. The zero-order valence-electron chi connectivity index (χ0n) is 15.5. The van der Waals surface area contributed by atoms with Crippen LogP contribution in [0.1, 0.15) is 25.0 Å². The largest absolute Gasteiger partial charge is 0.490 e. The van der Waals surface area contributed by atoms with Gasteiger partial charge < -0.3 is 19.2 Å². The van der Waals surface area contributed by atoms with Crippen molar-refractivity contribution in [1.29, 1.82) is 0 Å². The van der Waals surface area contributed by atoms with E-state index in [0.29, 0.717) is 12.5 Å². The van der Waals surface area contributed by atoms with E-state index in [1.54, 1.807) is 6.26 Å². The quantitative estimate of drug-likeness (QED) is 0.830. The van der Waals surface area contributed by atoms with Crippen LogP contribution in [0.3, 0.4) is 0 Å². The summed E-state index contributed by atoms with van der Waals surface area (Å²) in [6.07, 6.45) is -0.333. The van der Waals surface area contributed by atoms with E-state index in [0.717, 1.165) is 64.4 Å². The number of nitrogens with zero attached hydrogens (tertiary/aromatic N) is 2. The zero-order chi connectivity index (χ0) is 20.6. The van der Waals surface area contributed by atoms with Gasteiger partial charge in [0.1, 0.15) is 5.76 Å². The second kappa shape index (κ2) is 10.5. The molecule has 1 aromatic heterocycles. The monoisotopic (exact) mass is 406 g/mol. The molecule has 1 N–H and O–H groups in total. The molecule has 10 heteroatoms. The van der Waals surface area contributed by atoms with Gasteiger partial charge in [0.25, 0.3) is 0 Å². The molecule has 2 saturated heterocycles. The average molecular weight is 406 g/mol. The van der Waals surface area contributed by atoms with Gasteiger partial charge in [-0.3, -0.25) is 9.69 Å². The first-order chi connectivity index (χ1) is 13.3. The summed E-state index contributed by atoms with van der Waals surface area (Å²) in [5.41, 5.74) is 0. The van der Waals surface area contributed by atoms with Crippen LogP contribution in [0.5, 0.6) is 0 Å². The average Bonchev–Trinajstić information content (AvgIpc) is 3.00. The SMILES string of the molecule is O=C(C1CCCN(Cc2ccco2)C1)N1CCCOCC1.O=C(O)C(F)(F)F. The number of carboxylic acid groups (broad SMARTS) is 1. The lowest BCUT2D eigenvalue weighted by Gasteiger charge is -2.34. The van der Waals surface area contributed by atoms with Crippen LogP contribution >= 0.6 is 0 Å². The van der Waals surface area contributed by atoms with Crippen molar-refractivity contribution in [2.24, 2.45) is 5.92 Å². The minimum atomic E-state index is -5.08. The number of ether oxygens (including phenoxy) is 1. The first-order valence-electron chi connectivity index (χ1n) is 9.18. The van der Waals surface area contributed by atoms with Gasteiger partial charge in [0.15, 0.2) is 0 Å². The van der Waals surface area contributed by atoms with E-state index in [4.69, 9.17) is 19.1 Å². The Hall–Kier alpha value is -2.07. The van der Waals surface area contributed by atoms with Crippen molar-refractivity contribution in [3.05, 3.63) is 24.2 Å². The molecule has 0 aliphatic carbocycles. The third-order valence-electron chi connectivity index (χ3n) is 4.59. The van der Waals surface area contributed by atoms with E-state index in [1.165, 1.54) is 0 Å². The predicted molar refractivity (Wildman–Crippen MR) is 92.4 cm³/mol. The number of halogens is 3. The lowest BCUT2D eigenvalue weighted by molar-refractivity contribution is -0.192. The fourth-order valence-electron chi connectivity index (χ4n) is 3.25. The maximum Gasteiger partial charge on any atom is 0.490 e. The highest BCUT2D eigenvalue weighted by molar-refractivity contribution is 5.79. The number of amides is 1. The van der Waals surface area contributed by atoms with Crippen molar-refractivity contribution in [2.45, 2.75) is 32.0 Å². The standard InChI is InChI=1S/C16H24N2O3.C2HF3O2/c19-16(18-7-3-9-20-11-8-18)14-4-1-6-17(12-14)13-15-5-2-10-21-15;3-2(4,5)1(6)7/h2,5,10,14H,1,3-4,6-9,11-13H2;(H,6,7). The summed E-state index contributed by atoms with van der Waals surface area (Å²) in [5.74, 6) is -1.34. The first-order valence-corrected chi connectivity index (χ1v) is 9.18. The van der Waals surface area contributed by atoms with E-state index in [-0.39, 0.29) is 5.92 Å². The van der Waals surface area contributed by atoms with Gasteiger partial charge in [0.05, 0.1) is 25.3 Å². The van der Waals surface area contributed by atoms with Crippen LogP contribution in [0.2, 0.25) is 0 Å². The molecule has 158 valence electrons. The summed E-state index contributed by atoms with van der Waals surface area (Å²) in [4.78, 5) is 25.9. The summed E-state index contributed by atoms with van der Waals surface area (Å²) in [7, 11) is 0. The molecule has 0 saturated carbocycles. The number of carboxylic acids is 1. The molecule has 28 heavy (non-hydrogen) atoms. The van der Waals surface area contributed by atoms with Crippen molar-refractivity contribution >= 4 is 11.9 Å². The Morgan fingerprint density at radius 3 is 2.57 bits per heavy atom. The Morgan fingerprint density at radius 2 is 1.93 bits per heavy atom. The lowest BCUT2D eigenvalue weighted by atomic mass is 9.96. The third kappa shape index (κ3) is 7.16. The molecule has 0 spiro atoms.